The molecule has 0 amide bonds. The SMILES string of the molecule is Cn1cnc(S(=O)(=O)N2CCOCC2)c1Br. The van der Waals surface area contributed by atoms with Crippen LogP contribution in [0, 0.1) is 0 Å². The Kier molecular flexibility index (Phi) is 3.34. The van der Waals surface area contributed by atoms with Crippen LogP contribution >= 0.6 is 15.9 Å². The van der Waals surface area contributed by atoms with Crippen molar-refractivity contribution in [3.8, 4) is 0 Å². The van der Waals surface area contributed by atoms with Gasteiger partial charge >= 0.3 is 0 Å². The molecule has 1 fully saturated rings. The Balaban J connectivity index is 2.34. The van der Waals surface area contributed by atoms with E-state index in [9.17, 15) is 8.42 Å². The van der Waals surface area contributed by atoms with Crippen molar-refractivity contribution in [1.29, 1.82) is 0 Å². The third-order valence-electron chi connectivity index (χ3n) is 2.39. The molecule has 1 aliphatic heterocycles. The normalized spacial score (nSPS) is 18.9. The number of ether oxygens (including phenoxy) is 1. The molecule has 2 heterocycles. The second kappa shape index (κ2) is 4.44. The number of imidazole rings is 1. The van der Waals surface area contributed by atoms with Gasteiger partial charge in [-0.1, -0.05) is 0 Å². The standard InChI is InChI=1S/C8H12BrN3O3S/c1-11-6-10-8(7(11)9)16(13,14)12-2-4-15-5-3-12/h6H,2-5H2,1H3. The number of hydrogen-bond donors (Lipinski definition) is 0. The molecule has 6 nitrogen and oxygen atoms in total. The van der Waals surface area contributed by atoms with Crippen LogP contribution in [-0.4, -0.2) is 48.6 Å². The average molecular weight is 310 g/mol. The van der Waals surface area contributed by atoms with Crippen molar-refractivity contribution in [3.63, 3.8) is 0 Å². The van der Waals surface area contributed by atoms with Crippen LogP contribution in [0.25, 0.3) is 0 Å². The van der Waals surface area contributed by atoms with Crippen molar-refractivity contribution >= 4 is 26.0 Å². The van der Waals surface area contributed by atoms with Gasteiger partial charge in [-0.25, -0.2) is 13.4 Å². The van der Waals surface area contributed by atoms with Crippen molar-refractivity contribution in [2.24, 2.45) is 7.05 Å². The van der Waals surface area contributed by atoms with Crippen LogP contribution in [0.4, 0.5) is 0 Å². The Hall–Kier alpha value is -0.440. The first-order valence-corrected chi connectivity index (χ1v) is 7.01. The van der Waals surface area contributed by atoms with Gasteiger partial charge in [0.1, 0.15) is 4.60 Å². The fraction of sp³-hybridized carbons (Fsp3) is 0.625. The first kappa shape index (κ1) is 12.0. The summed E-state index contributed by atoms with van der Waals surface area (Å²) < 4.78 is 33.0. The number of nitrogens with zero attached hydrogens (tertiary/aromatic N) is 3. The van der Waals surface area contributed by atoms with Gasteiger partial charge in [-0.3, -0.25) is 0 Å². The third kappa shape index (κ3) is 2.02. The quantitative estimate of drug-likeness (QED) is 0.783. The minimum Gasteiger partial charge on any atom is -0.379 e. The van der Waals surface area contributed by atoms with Crippen LogP contribution in [0.15, 0.2) is 16.0 Å². The molecule has 90 valence electrons. The van der Waals surface area contributed by atoms with Gasteiger partial charge in [0.25, 0.3) is 10.0 Å². The van der Waals surface area contributed by atoms with Gasteiger partial charge in [0.15, 0.2) is 0 Å². The van der Waals surface area contributed by atoms with Crippen LogP contribution in [-0.2, 0) is 21.8 Å². The zero-order valence-corrected chi connectivity index (χ0v) is 11.2. The second-order valence-electron chi connectivity index (χ2n) is 3.47. The van der Waals surface area contributed by atoms with Crippen molar-refractivity contribution in [2.75, 3.05) is 26.3 Å². The Bertz CT molecular complexity index is 479. The van der Waals surface area contributed by atoms with Gasteiger partial charge in [-0.05, 0) is 15.9 Å². The predicted octanol–water partition coefficient (Wildman–Crippen LogP) is 0.204. The van der Waals surface area contributed by atoms with E-state index in [1.807, 2.05) is 0 Å². The largest absolute Gasteiger partial charge is 0.379 e. The molecule has 8 heteroatoms. The first-order chi connectivity index (χ1) is 7.53. The van der Waals surface area contributed by atoms with Crippen LogP contribution in [0.2, 0.25) is 0 Å². The number of aromatic nitrogens is 2. The Morgan fingerprint density at radius 1 is 1.44 bits per heavy atom. The lowest BCUT2D eigenvalue weighted by molar-refractivity contribution is 0.0729. The summed E-state index contributed by atoms with van der Waals surface area (Å²) in [6, 6.07) is 0. The molecule has 1 aliphatic rings. The van der Waals surface area contributed by atoms with Crippen molar-refractivity contribution < 1.29 is 13.2 Å². The summed E-state index contributed by atoms with van der Waals surface area (Å²) in [6.07, 6.45) is 1.47. The molecule has 1 aromatic rings. The van der Waals surface area contributed by atoms with Crippen LogP contribution in [0.1, 0.15) is 0 Å². The molecule has 1 aromatic heterocycles. The van der Waals surface area contributed by atoms with E-state index in [-0.39, 0.29) is 5.03 Å². The van der Waals surface area contributed by atoms with E-state index in [4.69, 9.17) is 4.74 Å². The van der Waals surface area contributed by atoms with Crippen molar-refractivity contribution in [2.45, 2.75) is 5.03 Å². The molecule has 0 aromatic carbocycles. The third-order valence-corrected chi connectivity index (χ3v) is 5.42. The molecule has 2 rings (SSSR count). The molecular formula is C8H12BrN3O3S. The molecular weight excluding hydrogens is 298 g/mol. The number of sulfonamides is 1. The predicted molar refractivity (Wildman–Crippen MR) is 60.5 cm³/mol. The monoisotopic (exact) mass is 309 g/mol. The highest BCUT2D eigenvalue weighted by Crippen LogP contribution is 2.23. The van der Waals surface area contributed by atoms with E-state index in [1.54, 1.807) is 11.6 Å². The molecule has 0 saturated carbocycles. The molecule has 0 radical (unpaired) electrons. The lowest BCUT2D eigenvalue weighted by Gasteiger charge is -2.25. The maximum absolute atomic E-state index is 12.2. The lowest BCUT2D eigenvalue weighted by atomic mass is 10.5. The summed E-state index contributed by atoms with van der Waals surface area (Å²) in [5, 5.41) is 0.0666. The lowest BCUT2D eigenvalue weighted by Crippen LogP contribution is -2.40. The number of halogens is 1. The van der Waals surface area contributed by atoms with Crippen LogP contribution < -0.4 is 0 Å². The minimum absolute atomic E-state index is 0.0666. The van der Waals surface area contributed by atoms with Crippen molar-refractivity contribution in [3.05, 3.63) is 10.9 Å². The number of hydrogen-bond acceptors (Lipinski definition) is 4. The van der Waals surface area contributed by atoms with E-state index in [2.05, 4.69) is 20.9 Å². The summed E-state index contributed by atoms with van der Waals surface area (Å²) >= 11 is 3.22. The maximum atomic E-state index is 12.2. The van der Waals surface area contributed by atoms with Gasteiger partial charge in [0.2, 0.25) is 5.03 Å². The number of aryl methyl sites for hydroxylation is 1. The van der Waals surface area contributed by atoms with Gasteiger partial charge < -0.3 is 9.30 Å². The summed E-state index contributed by atoms with van der Waals surface area (Å²) in [5.41, 5.74) is 0. The molecule has 0 aliphatic carbocycles. The smallest absolute Gasteiger partial charge is 0.263 e. The summed E-state index contributed by atoms with van der Waals surface area (Å²) in [5.74, 6) is 0. The molecule has 0 atom stereocenters. The summed E-state index contributed by atoms with van der Waals surface area (Å²) in [4.78, 5) is 3.91. The molecule has 0 spiro atoms. The zero-order valence-electron chi connectivity index (χ0n) is 8.76. The first-order valence-electron chi connectivity index (χ1n) is 4.78. The van der Waals surface area contributed by atoms with E-state index in [0.717, 1.165) is 0 Å². The van der Waals surface area contributed by atoms with E-state index >= 15 is 0 Å². The Morgan fingerprint density at radius 3 is 2.56 bits per heavy atom. The van der Waals surface area contributed by atoms with E-state index < -0.39 is 10.0 Å². The summed E-state index contributed by atoms with van der Waals surface area (Å²) in [6.45, 7) is 1.63. The van der Waals surface area contributed by atoms with E-state index in [1.165, 1.54) is 10.6 Å². The fourth-order valence-corrected chi connectivity index (χ4v) is 3.70. The minimum atomic E-state index is -3.50. The molecule has 0 unspecified atom stereocenters. The highest BCUT2D eigenvalue weighted by molar-refractivity contribution is 9.10. The molecule has 0 bridgehead atoms. The van der Waals surface area contributed by atoms with Crippen molar-refractivity contribution in [1.82, 2.24) is 13.9 Å². The van der Waals surface area contributed by atoms with Gasteiger partial charge in [-0.2, -0.15) is 4.31 Å². The van der Waals surface area contributed by atoms with Gasteiger partial charge in [0.05, 0.1) is 19.5 Å². The van der Waals surface area contributed by atoms with E-state index in [0.29, 0.717) is 30.9 Å². The number of rotatable bonds is 2. The number of morpholine rings is 1. The Labute approximate surface area is 102 Å². The second-order valence-corrected chi connectivity index (χ2v) is 6.07. The molecule has 0 N–H and O–H groups in total. The van der Waals surface area contributed by atoms with Gasteiger partial charge in [0, 0.05) is 20.1 Å². The van der Waals surface area contributed by atoms with Crippen LogP contribution in [0.5, 0.6) is 0 Å². The molecule has 1 saturated heterocycles. The zero-order chi connectivity index (χ0) is 11.8. The average Bonchev–Trinajstić information content (AvgIpc) is 2.61. The van der Waals surface area contributed by atoms with Gasteiger partial charge in [-0.15, -0.1) is 0 Å². The maximum Gasteiger partial charge on any atom is 0.263 e. The Morgan fingerprint density at radius 2 is 2.06 bits per heavy atom. The highest BCUT2D eigenvalue weighted by atomic mass is 79.9. The molecule has 16 heavy (non-hydrogen) atoms. The van der Waals surface area contributed by atoms with Crippen LogP contribution in [0.3, 0.4) is 0 Å². The summed E-state index contributed by atoms with van der Waals surface area (Å²) in [7, 11) is -1.77. The topological polar surface area (TPSA) is 64.4 Å². The fourth-order valence-electron chi connectivity index (χ4n) is 1.48. The highest BCUT2D eigenvalue weighted by Gasteiger charge is 2.30.